The van der Waals surface area contributed by atoms with Gasteiger partial charge in [0.2, 0.25) is 0 Å². The molecule has 1 N–H and O–H groups in total. The van der Waals surface area contributed by atoms with E-state index in [1.54, 1.807) is 19.6 Å². The number of ether oxygens (including phenoxy) is 2. The lowest BCUT2D eigenvalue weighted by molar-refractivity contribution is -0.900. The molecule has 1 aromatic rings. The van der Waals surface area contributed by atoms with Crippen molar-refractivity contribution in [1.82, 2.24) is 4.98 Å². The van der Waals surface area contributed by atoms with Gasteiger partial charge in [-0.05, 0) is 0 Å². The fourth-order valence-corrected chi connectivity index (χ4v) is 2.64. The topological polar surface area (TPSA) is 75.9 Å². The third-order valence-electron chi connectivity index (χ3n) is 2.94. The Balaban J connectivity index is 2.40. The van der Waals surface area contributed by atoms with E-state index in [1.807, 2.05) is 0 Å². The average molecular weight is 302 g/mol. The van der Waals surface area contributed by atoms with Gasteiger partial charge >= 0.3 is 0 Å². The quantitative estimate of drug-likeness (QED) is 0.520. The molecule has 1 heterocycles. The minimum absolute atomic E-state index is 0.111. The van der Waals surface area contributed by atoms with Crippen LogP contribution in [0.4, 0.5) is 0 Å². The van der Waals surface area contributed by atoms with Crippen LogP contribution in [0.1, 0.15) is 10.7 Å². The highest BCUT2D eigenvalue weighted by atomic mass is 32.1. The number of hydrogen-bond acceptors (Lipinski definition) is 6. The van der Waals surface area contributed by atoms with Crippen LogP contribution in [0.25, 0.3) is 0 Å². The highest BCUT2D eigenvalue weighted by Gasteiger charge is 2.10. The smallest absolute Gasteiger partial charge is 0.101 e. The largest absolute Gasteiger partial charge is 0.550 e. The lowest BCUT2D eigenvalue weighted by atomic mass is 10.3. The predicted molar refractivity (Wildman–Crippen MR) is 73.8 cm³/mol. The van der Waals surface area contributed by atoms with E-state index in [0.717, 1.165) is 31.1 Å². The van der Waals surface area contributed by atoms with Gasteiger partial charge in [0, 0.05) is 38.4 Å². The van der Waals surface area contributed by atoms with E-state index in [0.29, 0.717) is 18.9 Å². The number of aromatic nitrogens is 1. The number of aliphatic carboxylic acids is 1. The van der Waals surface area contributed by atoms with Crippen molar-refractivity contribution in [3.05, 3.63) is 16.1 Å². The third kappa shape index (κ3) is 6.95. The molecule has 6 nitrogen and oxygen atoms in total. The lowest BCUT2D eigenvalue weighted by Crippen LogP contribution is -3.13. The molecule has 0 atom stereocenters. The maximum Gasteiger partial charge on any atom is 0.101 e. The molecule has 0 saturated heterocycles. The van der Waals surface area contributed by atoms with Gasteiger partial charge in [-0.1, -0.05) is 0 Å². The van der Waals surface area contributed by atoms with E-state index in [-0.39, 0.29) is 6.42 Å². The van der Waals surface area contributed by atoms with Crippen molar-refractivity contribution in [2.75, 3.05) is 47.1 Å². The first kappa shape index (κ1) is 17.0. The lowest BCUT2D eigenvalue weighted by Gasteiger charge is -2.18. The Bertz CT molecular complexity index is 389. The molecular weight excluding hydrogens is 280 g/mol. The van der Waals surface area contributed by atoms with Crippen molar-refractivity contribution in [3.8, 4) is 0 Å². The first-order valence-corrected chi connectivity index (χ1v) is 7.48. The van der Waals surface area contributed by atoms with Crippen molar-refractivity contribution in [3.63, 3.8) is 0 Å². The number of thiazole rings is 1. The zero-order valence-electron chi connectivity index (χ0n) is 12.0. The molecule has 7 heteroatoms. The second-order valence-corrected chi connectivity index (χ2v) is 5.46. The van der Waals surface area contributed by atoms with Gasteiger partial charge in [0.1, 0.15) is 13.1 Å². The number of nitrogens with zero attached hydrogens (tertiary/aromatic N) is 1. The molecule has 0 aliphatic rings. The molecule has 0 unspecified atom stereocenters. The summed E-state index contributed by atoms with van der Waals surface area (Å²) in [4.78, 5) is 16.2. The first-order chi connectivity index (χ1) is 9.65. The maximum atomic E-state index is 10.5. The normalized spacial score (nSPS) is 11.2. The summed E-state index contributed by atoms with van der Waals surface area (Å²) in [6.07, 6.45) is 0.723. The molecule has 114 valence electrons. The minimum atomic E-state index is -1.09. The molecule has 0 radical (unpaired) electrons. The highest BCUT2D eigenvalue weighted by Crippen LogP contribution is 2.09. The van der Waals surface area contributed by atoms with Crippen molar-refractivity contribution in [1.29, 1.82) is 0 Å². The second kappa shape index (κ2) is 9.82. The standard InChI is InChI=1S/C13H22N2O4S/c1-18-7-5-15(6-8-19-2)4-3-12-14-11(10-20-12)9-13(16)17/h10H,3-9H2,1-2H3,(H,16,17). The van der Waals surface area contributed by atoms with Gasteiger partial charge in [0.05, 0.1) is 30.5 Å². The summed E-state index contributed by atoms with van der Waals surface area (Å²) in [5.41, 5.74) is 0.584. The van der Waals surface area contributed by atoms with Crippen molar-refractivity contribution >= 4 is 17.3 Å². The van der Waals surface area contributed by atoms with E-state index in [9.17, 15) is 9.90 Å². The highest BCUT2D eigenvalue weighted by molar-refractivity contribution is 7.09. The van der Waals surface area contributed by atoms with Crippen LogP contribution < -0.4 is 10.0 Å². The summed E-state index contributed by atoms with van der Waals surface area (Å²) in [5.74, 6) is -1.09. The number of carboxylic acids is 1. The maximum absolute atomic E-state index is 10.5. The van der Waals surface area contributed by atoms with E-state index in [1.165, 1.54) is 16.2 Å². The van der Waals surface area contributed by atoms with Gasteiger partial charge < -0.3 is 24.3 Å². The molecule has 0 aliphatic carbocycles. The Morgan fingerprint density at radius 2 is 1.95 bits per heavy atom. The van der Waals surface area contributed by atoms with Crippen molar-refractivity contribution < 1.29 is 24.3 Å². The monoisotopic (exact) mass is 302 g/mol. The van der Waals surface area contributed by atoms with Gasteiger partial charge in [-0.15, -0.1) is 11.3 Å². The van der Waals surface area contributed by atoms with Crippen molar-refractivity contribution in [2.24, 2.45) is 0 Å². The van der Waals surface area contributed by atoms with Gasteiger partial charge in [0.15, 0.2) is 0 Å². The minimum Gasteiger partial charge on any atom is -0.550 e. The van der Waals surface area contributed by atoms with E-state index < -0.39 is 5.97 Å². The molecule has 0 amide bonds. The number of nitrogens with one attached hydrogen (secondary N) is 1. The number of rotatable bonds is 11. The number of quaternary nitrogens is 1. The van der Waals surface area contributed by atoms with Crippen LogP contribution in [0.5, 0.6) is 0 Å². The number of carbonyl (C=O) groups excluding carboxylic acids is 1. The average Bonchev–Trinajstić information content (AvgIpc) is 2.84. The van der Waals surface area contributed by atoms with Gasteiger partial charge in [-0.2, -0.15) is 0 Å². The van der Waals surface area contributed by atoms with Gasteiger partial charge in [0.25, 0.3) is 0 Å². The SMILES string of the molecule is COCC[NH+](CCOC)CCc1nc(CC(=O)[O-])cs1. The van der Waals surface area contributed by atoms with E-state index in [2.05, 4.69) is 4.98 Å². The molecular formula is C13H22N2O4S. The molecule has 0 aliphatic heterocycles. The molecule has 0 saturated carbocycles. The molecule has 0 spiro atoms. The number of carboxylic acid groups (broad SMARTS) is 1. The van der Waals surface area contributed by atoms with Crippen molar-refractivity contribution in [2.45, 2.75) is 12.8 Å². The van der Waals surface area contributed by atoms with Crippen LogP contribution in [0.2, 0.25) is 0 Å². The van der Waals surface area contributed by atoms with Crippen LogP contribution in [0.15, 0.2) is 5.38 Å². The number of carbonyl (C=O) groups is 1. The van der Waals surface area contributed by atoms with Gasteiger partial charge in [-0.3, -0.25) is 0 Å². The van der Waals surface area contributed by atoms with Crippen LogP contribution in [-0.2, 0) is 27.1 Å². The summed E-state index contributed by atoms with van der Waals surface area (Å²) in [6.45, 7) is 4.22. The van der Waals surface area contributed by atoms with E-state index >= 15 is 0 Å². The zero-order valence-corrected chi connectivity index (χ0v) is 12.8. The fourth-order valence-electron chi connectivity index (χ4n) is 1.84. The fraction of sp³-hybridized carbons (Fsp3) is 0.692. The molecule has 0 aromatic carbocycles. The molecule has 20 heavy (non-hydrogen) atoms. The van der Waals surface area contributed by atoms with Crippen LogP contribution in [0, 0.1) is 0 Å². The van der Waals surface area contributed by atoms with Crippen LogP contribution in [0.3, 0.4) is 0 Å². The number of hydrogen-bond donors (Lipinski definition) is 1. The summed E-state index contributed by atoms with van der Waals surface area (Å²) >= 11 is 1.50. The molecule has 0 fully saturated rings. The second-order valence-electron chi connectivity index (χ2n) is 4.52. The molecule has 1 rings (SSSR count). The summed E-state index contributed by atoms with van der Waals surface area (Å²) in [5, 5.41) is 13.3. The Morgan fingerprint density at radius 1 is 1.30 bits per heavy atom. The Hall–Kier alpha value is -1.02. The first-order valence-electron chi connectivity index (χ1n) is 6.60. The Kier molecular flexibility index (Phi) is 8.36. The molecule has 1 aromatic heterocycles. The Morgan fingerprint density at radius 3 is 2.50 bits per heavy atom. The van der Waals surface area contributed by atoms with E-state index in [4.69, 9.17) is 9.47 Å². The van der Waals surface area contributed by atoms with Gasteiger partial charge in [-0.25, -0.2) is 4.98 Å². The predicted octanol–water partition coefficient (Wildman–Crippen LogP) is -1.84. The summed E-state index contributed by atoms with van der Waals surface area (Å²) in [6, 6.07) is 0. The van der Waals surface area contributed by atoms with Crippen LogP contribution >= 0.6 is 11.3 Å². The summed E-state index contributed by atoms with van der Waals surface area (Å²) in [7, 11) is 3.39. The zero-order chi connectivity index (χ0) is 14.8. The Labute approximate surface area is 123 Å². The number of methoxy groups -OCH3 is 2. The van der Waals surface area contributed by atoms with Crippen LogP contribution in [-0.4, -0.2) is 58.0 Å². The molecule has 0 bridgehead atoms. The third-order valence-corrected chi connectivity index (χ3v) is 3.89. The summed E-state index contributed by atoms with van der Waals surface area (Å²) < 4.78 is 10.2.